The second kappa shape index (κ2) is 5.33. The summed E-state index contributed by atoms with van der Waals surface area (Å²) < 4.78 is 65.7. The van der Waals surface area contributed by atoms with E-state index in [4.69, 9.17) is 0 Å². The van der Waals surface area contributed by atoms with Gasteiger partial charge in [-0.15, -0.1) is 0 Å². The maximum Gasteiger partial charge on any atom is 0.416 e. The molecule has 0 saturated heterocycles. The quantitative estimate of drug-likeness (QED) is 0.676. The van der Waals surface area contributed by atoms with Gasteiger partial charge in [-0.25, -0.2) is 13.8 Å². The van der Waals surface area contributed by atoms with Crippen molar-refractivity contribution in [3.63, 3.8) is 0 Å². The van der Waals surface area contributed by atoms with Crippen LogP contribution in [-0.2, 0) is 12.6 Å². The fourth-order valence-corrected chi connectivity index (χ4v) is 2.39. The van der Waals surface area contributed by atoms with Gasteiger partial charge < -0.3 is 4.98 Å². The van der Waals surface area contributed by atoms with Crippen LogP contribution in [0.15, 0.2) is 30.3 Å². The molecule has 0 bridgehead atoms. The molecular formula is C16H11F5N2. The Morgan fingerprint density at radius 2 is 1.70 bits per heavy atom. The highest BCUT2D eigenvalue weighted by Crippen LogP contribution is 2.31. The highest BCUT2D eigenvalue weighted by molar-refractivity contribution is 5.76. The number of aromatic nitrogens is 2. The minimum atomic E-state index is -4.46. The molecule has 3 aromatic rings. The van der Waals surface area contributed by atoms with Crippen molar-refractivity contribution in [1.82, 2.24) is 9.97 Å². The number of alkyl halides is 3. The van der Waals surface area contributed by atoms with Gasteiger partial charge in [-0.05, 0) is 42.8 Å². The smallest absolute Gasteiger partial charge is 0.342 e. The molecule has 1 aromatic heterocycles. The zero-order valence-electron chi connectivity index (χ0n) is 11.9. The molecule has 0 spiro atoms. The van der Waals surface area contributed by atoms with E-state index < -0.39 is 23.4 Å². The van der Waals surface area contributed by atoms with Gasteiger partial charge in [0.1, 0.15) is 17.5 Å². The summed E-state index contributed by atoms with van der Waals surface area (Å²) in [5.74, 6) is -1.22. The Hall–Kier alpha value is -2.44. The predicted molar refractivity (Wildman–Crippen MR) is 75.0 cm³/mol. The second-order valence-electron chi connectivity index (χ2n) is 5.30. The molecule has 1 N–H and O–H groups in total. The normalized spacial score (nSPS) is 12.1. The van der Waals surface area contributed by atoms with Gasteiger partial charge in [0.2, 0.25) is 0 Å². The number of benzene rings is 2. The lowest BCUT2D eigenvalue weighted by atomic mass is 10.1. The molecule has 0 fully saturated rings. The third-order valence-corrected chi connectivity index (χ3v) is 3.49. The summed E-state index contributed by atoms with van der Waals surface area (Å²) in [5, 5.41) is 0. The third-order valence-electron chi connectivity index (χ3n) is 3.49. The average Bonchev–Trinajstić information content (AvgIpc) is 2.83. The summed E-state index contributed by atoms with van der Waals surface area (Å²) >= 11 is 0. The van der Waals surface area contributed by atoms with Crippen LogP contribution in [0.1, 0.15) is 22.5 Å². The molecule has 2 aromatic carbocycles. The van der Waals surface area contributed by atoms with Crippen molar-refractivity contribution in [1.29, 1.82) is 0 Å². The minimum Gasteiger partial charge on any atom is -0.342 e. The lowest BCUT2D eigenvalue weighted by molar-refractivity contribution is -0.137. The Bertz CT molecular complexity index is 857. The summed E-state index contributed by atoms with van der Waals surface area (Å²) in [6, 6.07) is 5.46. The predicted octanol–water partition coefficient (Wildman–Crippen LogP) is 4.76. The number of rotatable bonds is 2. The van der Waals surface area contributed by atoms with Gasteiger partial charge in [0, 0.05) is 12.0 Å². The molecule has 0 aliphatic rings. The number of aryl methyl sites for hydroxylation is 1. The Morgan fingerprint density at radius 1 is 1.04 bits per heavy atom. The summed E-state index contributed by atoms with van der Waals surface area (Å²) in [4.78, 5) is 6.76. The molecule has 0 aliphatic heterocycles. The van der Waals surface area contributed by atoms with Gasteiger partial charge in [-0.2, -0.15) is 13.2 Å². The van der Waals surface area contributed by atoms with Crippen LogP contribution in [0.4, 0.5) is 22.0 Å². The summed E-state index contributed by atoms with van der Waals surface area (Å²) in [6.45, 7) is 1.57. The number of H-pyrrole nitrogens is 1. The van der Waals surface area contributed by atoms with Crippen LogP contribution in [0.25, 0.3) is 11.0 Å². The lowest BCUT2D eigenvalue weighted by Gasteiger charge is -2.05. The van der Waals surface area contributed by atoms with Crippen molar-refractivity contribution >= 4 is 11.0 Å². The Kier molecular flexibility index (Phi) is 3.58. The summed E-state index contributed by atoms with van der Waals surface area (Å²) in [7, 11) is 0. The molecular weight excluding hydrogens is 315 g/mol. The van der Waals surface area contributed by atoms with Gasteiger partial charge in [0.25, 0.3) is 0 Å². The SMILES string of the molecule is Cc1cc(F)c(Cc2nc3ccc(C(F)(F)F)cc3[nH]2)c(F)c1. The van der Waals surface area contributed by atoms with E-state index >= 15 is 0 Å². The molecule has 3 rings (SSSR count). The van der Waals surface area contributed by atoms with E-state index in [0.29, 0.717) is 11.1 Å². The number of aromatic amines is 1. The maximum absolute atomic E-state index is 13.8. The molecule has 0 saturated carbocycles. The Labute approximate surface area is 128 Å². The van der Waals surface area contributed by atoms with Crippen LogP contribution in [0.2, 0.25) is 0 Å². The van der Waals surface area contributed by atoms with Crippen molar-refractivity contribution in [2.75, 3.05) is 0 Å². The van der Waals surface area contributed by atoms with Crippen LogP contribution in [0.5, 0.6) is 0 Å². The van der Waals surface area contributed by atoms with Crippen molar-refractivity contribution < 1.29 is 22.0 Å². The largest absolute Gasteiger partial charge is 0.416 e. The fourth-order valence-electron chi connectivity index (χ4n) is 2.39. The number of hydrogen-bond donors (Lipinski definition) is 1. The molecule has 0 atom stereocenters. The highest BCUT2D eigenvalue weighted by Gasteiger charge is 2.30. The number of halogens is 5. The van der Waals surface area contributed by atoms with Gasteiger partial charge in [0.05, 0.1) is 16.6 Å². The van der Waals surface area contributed by atoms with Crippen molar-refractivity contribution in [3.8, 4) is 0 Å². The molecule has 0 unspecified atom stereocenters. The van der Waals surface area contributed by atoms with Gasteiger partial charge in [-0.1, -0.05) is 0 Å². The number of fused-ring (bicyclic) bond motifs is 1. The van der Waals surface area contributed by atoms with Gasteiger partial charge in [0.15, 0.2) is 0 Å². The molecule has 0 radical (unpaired) electrons. The van der Waals surface area contributed by atoms with Crippen LogP contribution >= 0.6 is 0 Å². The first kappa shape index (κ1) is 15.5. The first-order valence-corrected chi connectivity index (χ1v) is 6.74. The van der Waals surface area contributed by atoms with Crippen LogP contribution in [0.3, 0.4) is 0 Å². The molecule has 23 heavy (non-hydrogen) atoms. The molecule has 0 aliphatic carbocycles. The maximum atomic E-state index is 13.8. The number of hydrogen-bond acceptors (Lipinski definition) is 1. The van der Waals surface area contributed by atoms with Crippen molar-refractivity contribution in [3.05, 3.63) is 64.5 Å². The van der Waals surface area contributed by atoms with Crippen molar-refractivity contribution in [2.24, 2.45) is 0 Å². The molecule has 7 heteroatoms. The van der Waals surface area contributed by atoms with E-state index in [1.165, 1.54) is 18.2 Å². The van der Waals surface area contributed by atoms with Gasteiger partial charge >= 0.3 is 6.18 Å². The Balaban J connectivity index is 1.99. The van der Waals surface area contributed by atoms with Crippen LogP contribution in [-0.4, -0.2) is 9.97 Å². The van der Waals surface area contributed by atoms with E-state index in [2.05, 4.69) is 9.97 Å². The highest BCUT2D eigenvalue weighted by atomic mass is 19.4. The molecule has 0 amide bonds. The van der Waals surface area contributed by atoms with Crippen LogP contribution in [0, 0.1) is 18.6 Å². The first-order valence-electron chi connectivity index (χ1n) is 6.74. The van der Waals surface area contributed by atoms with E-state index in [-0.39, 0.29) is 23.3 Å². The zero-order chi connectivity index (χ0) is 16.8. The molecule has 2 nitrogen and oxygen atoms in total. The molecule has 120 valence electrons. The van der Waals surface area contributed by atoms with Crippen LogP contribution < -0.4 is 0 Å². The summed E-state index contributed by atoms with van der Waals surface area (Å²) in [5.41, 5.74) is -0.0644. The van der Waals surface area contributed by atoms with Gasteiger partial charge in [-0.3, -0.25) is 0 Å². The number of nitrogens with zero attached hydrogens (tertiary/aromatic N) is 1. The van der Waals surface area contributed by atoms with E-state index in [1.54, 1.807) is 6.92 Å². The topological polar surface area (TPSA) is 28.7 Å². The third kappa shape index (κ3) is 3.04. The minimum absolute atomic E-state index is 0.169. The van der Waals surface area contributed by atoms with E-state index in [9.17, 15) is 22.0 Å². The zero-order valence-corrected chi connectivity index (χ0v) is 11.9. The average molecular weight is 326 g/mol. The standard InChI is InChI=1S/C16H11F5N2/c1-8-4-11(17)10(12(18)5-8)7-15-22-13-3-2-9(16(19,20)21)6-14(13)23-15/h2-6H,7H2,1H3,(H,22,23). The van der Waals surface area contributed by atoms with Crippen molar-refractivity contribution in [2.45, 2.75) is 19.5 Å². The fraction of sp³-hybridized carbons (Fsp3) is 0.188. The lowest BCUT2D eigenvalue weighted by Crippen LogP contribution is -2.04. The van der Waals surface area contributed by atoms with E-state index in [0.717, 1.165) is 12.1 Å². The number of imidazole rings is 1. The Morgan fingerprint density at radius 3 is 2.30 bits per heavy atom. The second-order valence-corrected chi connectivity index (χ2v) is 5.30. The van der Waals surface area contributed by atoms with E-state index in [1.807, 2.05) is 0 Å². The monoisotopic (exact) mass is 326 g/mol. The summed E-state index contributed by atoms with van der Waals surface area (Å²) in [6.07, 6.45) is -4.64. The number of nitrogens with one attached hydrogen (secondary N) is 1. The molecule has 1 heterocycles. The first-order chi connectivity index (χ1) is 10.7.